The molecule has 1 aliphatic heterocycles. The molecule has 1 aliphatic rings. The Morgan fingerprint density at radius 2 is 1.81 bits per heavy atom. The first-order valence-corrected chi connectivity index (χ1v) is 12.8. The largest absolute Gasteiger partial charge is 0.444 e. The van der Waals surface area contributed by atoms with E-state index < -0.39 is 5.60 Å². The number of hydrogen-bond acceptors (Lipinski definition) is 4. The highest BCUT2D eigenvalue weighted by Crippen LogP contribution is 2.38. The van der Waals surface area contributed by atoms with Crippen molar-refractivity contribution in [2.75, 3.05) is 19.7 Å². The third-order valence-corrected chi connectivity index (χ3v) is 7.02. The number of aryl methyl sites for hydroxylation is 1. The molecule has 0 N–H and O–H groups in total. The molecular formula is C29H34ClFN2O3. The first-order valence-electron chi connectivity index (χ1n) is 12.4. The minimum atomic E-state index is -0.547. The summed E-state index contributed by atoms with van der Waals surface area (Å²) in [7, 11) is 0. The number of nitrogens with zero attached hydrogens (tertiary/aromatic N) is 2. The van der Waals surface area contributed by atoms with Crippen LogP contribution in [-0.2, 0) is 14.9 Å². The molecule has 0 aliphatic carbocycles. The Hall–Kier alpha value is -2.70. The average Bonchev–Trinajstić information content (AvgIpc) is 2.82. The van der Waals surface area contributed by atoms with E-state index in [1.165, 1.54) is 12.1 Å². The number of amides is 1. The Kier molecular flexibility index (Phi) is 7.58. The number of aromatic nitrogens is 1. The van der Waals surface area contributed by atoms with Gasteiger partial charge in [0.1, 0.15) is 16.6 Å². The van der Waals surface area contributed by atoms with E-state index in [9.17, 15) is 9.18 Å². The maximum absolute atomic E-state index is 13.7. The number of hydrogen-bond donors (Lipinski definition) is 0. The first kappa shape index (κ1) is 26.4. The predicted octanol–water partition coefficient (Wildman–Crippen LogP) is 7.38. The number of benzene rings is 2. The lowest BCUT2D eigenvalue weighted by molar-refractivity contribution is -0.00934. The van der Waals surface area contributed by atoms with Crippen LogP contribution in [0.3, 0.4) is 0 Å². The molecule has 0 saturated carbocycles. The van der Waals surface area contributed by atoms with E-state index in [0.29, 0.717) is 37.7 Å². The molecule has 1 atom stereocenters. The molecule has 2 heterocycles. The molecule has 192 valence electrons. The van der Waals surface area contributed by atoms with Crippen LogP contribution in [-0.4, -0.2) is 41.3 Å². The lowest BCUT2D eigenvalue weighted by atomic mass is 9.73. The number of likely N-dealkylation sites (tertiary alicyclic amines) is 1. The van der Waals surface area contributed by atoms with Crippen molar-refractivity contribution >= 4 is 28.6 Å². The van der Waals surface area contributed by atoms with Gasteiger partial charge in [0.15, 0.2) is 0 Å². The third kappa shape index (κ3) is 5.98. The smallest absolute Gasteiger partial charge is 0.410 e. The van der Waals surface area contributed by atoms with Crippen molar-refractivity contribution in [2.24, 2.45) is 0 Å². The quantitative estimate of drug-likeness (QED) is 0.334. The maximum Gasteiger partial charge on any atom is 0.410 e. The van der Waals surface area contributed by atoms with E-state index in [2.05, 4.69) is 24.0 Å². The second-order valence-corrected chi connectivity index (χ2v) is 11.2. The number of carbonyl (C=O) groups excluding carboxylic acids is 1. The minimum Gasteiger partial charge on any atom is -0.444 e. The predicted molar refractivity (Wildman–Crippen MR) is 141 cm³/mol. The van der Waals surface area contributed by atoms with Gasteiger partial charge in [-0.25, -0.2) is 14.2 Å². The van der Waals surface area contributed by atoms with Crippen LogP contribution in [0.25, 0.3) is 10.9 Å². The summed E-state index contributed by atoms with van der Waals surface area (Å²) >= 11 is 6.20. The molecule has 1 fully saturated rings. The molecule has 1 unspecified atom stereocenters. The number of fused-ring (bicyclic) bond motifs is 1. The summed E-state index contributed by atoms with van der Waals surface area (Å²) < 4.78 is 25.8. The molecule has 4 rings (SSSR count). The van der Waals surface area contributed by atoms with E-state index in [-0.39, 0.29) is 23.4 Å². The second-order valence-electron chi connectivity index (χ2n) is 10.8. The van der Waals surface area contributed by atoms with Crippen molar-refractivity contribution in [3.8, 4) is 0 Å². The SMILES string of the molecule is Cc1cc(C(C)OCC2(c3ccc(F)cc3)CCN(C(=O)OC(C)(C)C)CC2)c2nc(Cl)ccc2c1. The Balaban J connectivity index is 1.57. The zero-order chi connectivity index (χ0) is 26.1. The molecule has 2 aromatic carbocycles. The summed E-state index contributed by atoms with van der Waals surface area (Å²) in [5, 5.41) is 1.46. The van der Waals surface area contributed by atoms with Gasteiger partial charge in [-0.1, -0.05) is 35.4 Å². The van der Waals surface area contributed by atoms with Crippen LogP contribution in [0.2, 0.25) is 5.15 Å². The summed E-state index contributed by atoms with van der Waals surface area (Å²) in [4.78, 5) is 19.0. The molecule has 0 spiro atoms. The van der Waals surface area contributed by atoms with Gasteiger partial charge < -0.3 is 14.4 Å². The Bertz CT molecular complexity index is 1230. The second kappa shape index (κ2) is 10.3. The minimum absolute atomic E-state index is 0.237. The summed E-state index contributed by atoms with van der Waals surface area (Å²) in [6, 6.07) is 14.6. The summed E-state index contributed by atoms with van der Waals surface area (Å²) in [6.07, 6.45) is 0.824. The fourth-order valence-electron chi connectivity index (χ4n) is 4.84. The summed E-state index contributed by atoms with van der Waals surface area (Å²) in [6.45, 7) is 11.2. The van der Waals surface area contributed by atoms with E-state index in [0.717, 1.165) is 27.6 Å². The number of rotatable bonds is 5. The topological polar surface area (TPSA) is 51.7 Å². The Morgan fingerprint density at radius 3 is 2.44 bits per heavy atom. The third-order valence-electron chi connectivity index (χ3n) is 6.81. The lowest BCUT2D eigenvalue weighted by Gasteiger charge is -2.42. The van der Waals surface area contributed by atoms with Gasteiger partial charge in [-0.2, -0.15) is 0 Å². The van der Waals surface area contributed by atoms with Crippen molar-refractivity contribution in [3.05, 3.63) is 76.2 Å². The van der Waals surface area contributed by atoms with Gasteiger partial charge in [0.05, 0.1) is 18.2 Å². The van der Waals surface area contributed by atoms with Crippen LogP contribution >= 0.6 is 11.6 Å². The Morgan fingerprint density at radius 1 is 1.14 bits per heavy atom. The highest BCUT2D eigenvalue weighted by molar-refractivity contribution is 6.29. The monoisotopic (exact) mass is 512 g/mol. The van der Waals surface area contributed by atoms with Gasteiger partial charge >= 0.3 is 6.09 Å². The number of piperidine rings is 1. The van der Waals surface area contributed by atoms with Crippen LogP contribution < -0.4 is 0 Å². The number of carbonyl (C=O) groups is 1. The van der Waals surface area contributed by atoms with E-state index in [4.69, 9.17) is 21.1 Å². The maximum atomic E-state index is 13.7. The van der Waals surface area contributed by atoms with Crippen LogP contribution in [0.1, 0.15) is 63.3 Å². The molecule has 36 heavy (non-hydrogen) atoms. The zero-order valence-corrected chi connectivity index (χ0v) is 22.4. The van der Waals surface area contributed by atoms with Gasteiger partial charge in [0.25, 0.3) is 0 Å². The fourth-order valence-corrected chi connectivity index (χ4v) is 4.99. The molecule has 0 bridgehead atoms. The van der Waals surface area contributed by atoms with Crippen LogP contribution in [0.15, 0.2) is 48.5 Å². The van der Waals surface area contributed by atoms with Crippen molar-refractivity contribution in [1.29, 1.82) is 0 Å². The van der Waals surface area contributed by atoms with Crippen molar-refractivity contribution < 1.29 is 18.7 Å². The molecule has 1 amide bonds. The molecule has 5 nitrogen and oxygen atoms in total. The highest BCUT2D eigenvalue weighted by Gasteiger charge is 2.39. The number of halogens is 2. The normalized spacial score (nSPS) is 16.7. The molecule has 7 heteroatoms. The Labute approximate surface area is 217 Å². The number of pyridine rings is 1. The summed E-state index contributed by atoms with van der Waals surface area (Å²) in [5.74, 6) is -0.274. The molecule has 3 aromatic rings. The molecule has 1 aromatic heterocycles. The van der Waals surface area contributed by atoms with Crippen LogP contribution in [0.4, 0.5) is 9.18 Å². The van der Waals surface area contributed by atoms with Crippen molar-refractivity contribution in [2.45, 2.75) is 64.6 Å². The van der Waals surface area contributed by atoms with Gasteiger partial charge in [-0.15, -0.1) is 0 Å². The highest BCUT2D eigenvalue weighted by atomic mass is 35.5. The average molecular weight is 513 g/mol. The molecule has 0 radical (unpaired) electrons. The fraction of sp³-hybridized carbons (Fsp3) is 0.448. The molecular weight excluding hydrogens is 479 g/mol. The summed E-state index contributed by atoms with van der Waals surface area (Å²) in [5.41, 5.74) is 3.04. The van der Waals surface area contributed by atoms with Crippen LogP contribution in [0, 0.1) is 12.7 Å². The van der Waals surface area contributed by atoms with E-state index in [1.807, 2.05) is 45.9 Å². The zero-order valence-electron chi connectivity index (χ0n) is 21.6. The standard InChI is InChI=1S/C29H34ClFN2O3/c1-19-16-21-6-11-25(30)32-26(21)24(17-19)20(2)35-18-29(22-7-9-23(31)10-8-22)12-14-33(15-13-29)27(34)36-28(3,4)5/h6-11,16-17,20H,12-15,18H2,1-5H3. The van der Waals surface area contributed by atoms with Crippen LogP contribution in [0.5, 0.6) is 0 Å². The van der Waals surface area contributed by atoms with E-state index >= 15 is 0 Å². The van der Waals surface area contributed by atoms with E-state index in [1.54, 1.807) is 11.0 Å². The van der Waals surface area contributed by atoms with Gasteiger partial charge in [-0.05, 0) is 83.4 Å². The lowest BCUT2D eigenvalue weighted by Crippen LogP contribution is -2.48. The van der Waals surface area contributed by atoms with Gasteiger partial charge in [-0.3, -0.25) is 0 Å². The first-order chi connectivity index (χ1) is 17.0. The number of ether oxygens (including phenoxy) is 2. The van der Waals surface area contributed by atoms with Crippen molar-refractivity contribution in [3.63, 3.8) is 0 Å². The molecule has 1 saturated heterocycles. The van der Waals surface area contributed by atoms with Gasteiger partial charge in [0, 0.05) is 29.5 Å². The van der Waals surface area contributed by atoms with Crippen molar-refractivity contribution in [1.82, 2.24) is 9.88 Å². The van der Waals surface area contributed by atoms with Gasteiger partial charge in [0.2, 0.25) is 0 Å².